The van der Waals surface area contributed by atoms with Crippen molar-refractivity contribution in [3.8, 4) is 22.3 Å². The van der Waals surface area contributed by atoms with Crippen LogP contribution in [0.3, 0.4) is 0 Å². The average molecular weight is 422 g/mol. The van der Waals surface area contributed by atoms with Gasteiger partial charge in [-0.2, -0.15) is 0 Å². The number of benzene rings is 3. The summed E-state index contributed by atoms with van der Waals surface area (Å²) in [7, 11) is 1.77. The van der Waals surface area contributed by atoms with Crippen molar-refractivity contribution in [2.75, 3.05) is 13.2 Å². The summed E-state index contributed by atoms with van der Waals surface area (Å²) in [5.74, 6) is -1.96. The molecular weight excluding hydrogens is 400 g/mol. The van der Waals surface area contributed by atoms with Gasteiger partial charge in [-0.1, -0.05) is 60.9 Å². The first-order valence-electron chi connectivity index (χ1n) is 10.2. The first-order chi connectivity index (χ1) is 15.0. The molecular formula is C25H22BF3O2. The Hall–Kier alpha value is -2.83. The van der Waals surface area contributed by atoms with Gasteiger partial charge in [0.1, 0.15) is 13.7 Å². The van der Waals surface area contributed by atoms with Crippen LogP contribution in [0.4, 0.5) is 13.2 Å². The molecule has 0 bridgehead atoms. The Bertz CT molecular complexity index is 1090. The molecule has 0 amide bonds. The molecule has 31 heavy (non-hydrogen) atoms. The van der Waals surface area contributed by atoms with Crippen LogP contribution < -0.4 is 0 Å². The van der Waals surface area contributed by atoms with Crippen LogP contribution >= 0.6 is 0 Å². The Balaban J connectivity index is 1.56. The quantitative estimate of drug-likeness (QED) is 0.404. The van der Waals surface area contributed by atoms with Crippen molar-refractivity contribution in [3.63, 3.8) is 0 Å². The van der Waals surface area contributed by atoms with Gasteiger partial charge < -0.3 is 9.47 Å². The van der Waals surface area contributed by atoms with Gasteiger partial charge in [0.05, 0.1) is 13.2 Å². The van der Waals surface area contributed by atoms with E-state index in [1.54, 1.807) is 62.5 Å². The lowest BCUT2D eigenvalue weighted by molar-refractivity contribution is -0.197. The minimum Gasteiger partial charge on any atom is -0.348 e. The van der Waals surface area contributed by atoms with E-state index in [0.29, 0.717) is 47.4 Å². The van der Waals surface area contributed by atoms with Gasteiger partial charge in [0.25, 0.3) is 0 Å². The summed E-state index contributed by atoms with van der Waals surface area (Å²) >= 11 is 0. The van der Waals surface area contributed by atoms with Crippen LogP contribution in [0, 0.1) is 23.4 Å². The van der Waals surface area contributed by atoms with E-state index in [9.17, 15) is 13.2 Å². The monoisotopic (exact) mass is 422 g/mol. The van der Waals surface area contributed by atoms with Crippen LogP contribution in [0.25, 0.3) is 22.3 Å². The van der Waals surface area contributed by atoms with Gasteiger partial charge in [0.2, 0.25) is 0 Å². The number of ether oxygens (including phenoxy) is 2. The van der Waals surface area contributed by atoms with Crippen LogP contribution in [0.2, 0.25) is 0 Å². The second kappa shape index (κ2) is 9.12. The van der Waals surface area contributed by atoms with Crippen molar-refractivity contribution < 1.29 is 22.6 Å². The van der Waals surface area contributed by atoms with Gasteiger partial charge in [-0.25, -0.2) is 13.2 Å². The van der Waals surface area contributed by atoms with E-state index in [0.717, 1.165) is 0 Å². The zero-order valence-electron chi connectivity index (χ0n) is 17.2. The molecule has 4 rings (SSSR count). The van der Waals surface area contributed by atoms with Gasteiger partial charge in [0, 0.05) is 22.6 Å². The minimum atomic E-state index is -0.867. The molecule has 0 saturated carbocycles. The molecule has 0 aliphatic carbocycles. The molecule has 0 aromatic heterocycles. The summed E-state index contributed by atoms with van der Waals surface area (Å²) < 4.78 is 54.7. The summed E-state index contributed by atoms with van der Waals surface area (Å²) in [6, 6.07) is 14.7. The zero-order chi connectivity index (χ0) is 22.0. The highest BCUT2D eigenvalue weighted by Crippen LogP contribution is 2.32. The van der Waals surface area contributed by atoms with E-state index in [2.05, 4.69) is 6.58 Å². The summed E-state index contributed by atoms with van der Waals surface area (Å²) in [4.78, 5) is 0. The van der Waals surface area contributed by atoms with Crippen molar-refractivity contribution in [1.82, 2.24) is 0 Å². The summed E-state index contributed by atoms with van der Waals surface area (Å²) in [6.07, 6.45) is 1.59. The maximum atomic E-state index is 14.8. The third-order valence-corrected chi connectivity index (χ3v) is 5.57. The topological polar surface area (TPSA) is 18.5 Å². The molecule has 0 radical (unpaired) electrons. The Morgan fingerprint density at radius 1 is 0.871 bits per heavy atom. The van der Waals surface area contributed by atoms with E-state index in [1.807, 2.05) is 0 Å². The van der Waals surface area contributed by atoms with E-state index in [1.165, 1.54) is 6.07 Å². The smallest absolute Gasteiger partial charge is 0.183 e. The predicted molar refractivity (Wildman–Crippen MR) is 118 cm³/mol. The second-order valence-corrected chi connectivity index (χ2v) is 7.56. The fourth-order valence-corrected chi connectivity index (χ4v) is 3.67. The molecule has 1 heterocycles. The Kier molecular flexibility index (Phi) is 6.30. The Labute approximate surface area is 180 Å². The predicted octanol–water partition coefficient (Wildman–Crippen LogP) is 5.42. The number of hydrogen-bond donors (Lipinski definition) is 0. The first-order valence-corrected chi connectivity index (χ1v) is 10.2. The maximum absolute atomic E-state index is 14.8. The van der Waals surface area contributed by atoms with Crippen LogP contribution in [0.5, 0.6) is 0 Å². The highest BCUT2D eigenvalue weighted by atomic mass is 19.2. The van der Waals surface area contributed by atoms with Crippen molar-refractivity contribution in [3.05, 3.63) is 95.8 Å². The van der Waals surface area contributed by atoms with Crippen LogP contribution in [-0.2, 0) is 15.8 Å². The summed E-state index contributed by atoms with van der Waals surface area (Å²) in [6.45, 7) is 4.69. The third kappa shape index (κ3) is 4.32. The molecule has 1 saturated heterocycles. The standard InChI is InChI=1S/C25H22BF3O2/c1-2-15-13-30-25(31-14-15)18-7-9-20(22(27)11-18)16-3-5-17(6-4-16)21-10-8-19(12-26)23(28)24(21)29/h2-11,15,25H,1,12-14,26H2. The lowest BCUT2D eigenvalue weighted by atomic mass is 9.93. The molecule has 1 aliphatic rings. The molecule has 2 nitrogen and oxygen atoms in total. The molecule has 3 aromatic rings. The fourth-order valence-electron chi connectivity index (χ4n) is 3.67. The zero-order valence-corrected chi connectivity index (χ0v) is 17.2. The van der Waals surface area contributed by atoms with Gasteiger partial charge in [-0.05, 0) is 22.8 Å². The molecule has 158 valence electrons. The molecule has 6 heteroatoms. The van der Waals surface area contributed by atoms with Crippen molar-refractivity contribution >= 4 is 7.85 Å². The van der Waals surface area contributed by atoms with E-state index >= 15 is 0 Å². The van der Waals surface area contributed by atoms with Crippen LogP contribution in [-0.4, -0.2) is 21.1 Å². The Morgan fingerprint density at radius 3 is 2.06 bits per heavy atom. The minimum absolute atomic E-state index is 0.135. The van der Waals surface area contributed by atoms with E-state index in [-0.39, 0.29) is 11.5 Å². The molecule has 0 atom stereocenters. The van der Waals surface area contributed by atoms with Gasteiger partial charge >= 0.3 is 0 Å². The van der Waals surface area contributed by atoms with Gasteiger partial charge in [-0.3, -0.25) is 0 Å². The summed E-state index contributed by atoms with van der Waals surface area (Å²) in [5.41, 5.74) is 2.70. The average Bonchev–Trinajstić information content (AvgIpc) is 2.81. The van der Waals surface area contributed by atoms with Crippen molar-refractivity contribution in [2.24, 2.45) is 5.92 Å². The largest absolute Gasteiger partial charge is 0.348 e. The molecule has 1 fully saturated rings. The SMILES string of the molecule is BCc1ccc(-c2ccc(-c3ccc(C4OCC(C=C)CO4)cc3F)cc2)c(F)c1F. The maximum Gasteiger partial charge on any atom is 0.183 e. The van der Waals surface area contributed by atoms with Crippen LogP contribution in [0.1, 0.15) is 17.4 Å². The number of hydrogen-bond acceptors (Lipinski definition) is 2. The molecule has 3 aromatic carbocycles. The van der Waals surface area contributed by atoms with Crippen LogP contribution in [0.15, 0.2) is 67.3 Å². The van der Waals surface area contributed by atoms with Gasteiger partial charge in [-0.15, -0.1) is 6.58 Å². The highest BCUT2D eigenvalue weighted by Gasteiger charge is 2.23. The Morgan fingerprint density at radius 2 is 1.48 bits per heavy atom. The molecule has 0 N–H and O–H groups in total. The normalized spacial score (nSPS) is 18.7. The molecule has 1 aliphatic heterocycles. The fraction of sp³-hybridized carbons (Fsp3) is 0.200. The lowest BCUT2D eigenvalue weighted by Gasteiger charge is -2.28. The van der Waals surface area contributed by atoms with E-state index < -0.39 is 23.7 Å². The van der Waals surface area contributed by atoms with Crippen molar-refractivity contribution in [1.29, 1.82) is 0 Å². The van der Waals surface area contributed by atoms with Crippen molar-refractivity contribution in [2.45, 2.75) is 12.6 Å². The number of halogens is 3. The lowest BCUT2D eigenvalue weighted by Crippen LogP contribution is -2.25. The third-order valence-electron chi connectivity index (χ3n) is 5.57. The van der Waals surface area contributed by atoms with E-state index in [4.69, 9.17) is 9.47 Å². The first kappa shape index (κ1) is 21.4. The summed E-state index contributed by atoms with van der Waals surface area (Å²) in [5, 5.41) is 0. The van der Waals surface area contributed by atoms with Gasteiger partial charge in [0.15, 0.2) is 17.9 Å². The number of rotatable bonds is 5. The highest BCUT2D eigenvalue weighted by molar-refractivity contribution is 6.08. The second-order valence-electron chi connectivity index (χ2n) is 7.56. The molecule has 0 unspecified atom stereocenters. The molecule has 0 spiro atoms.